The molecule has 2 fully saturated rings. The molecule has 3 N–H and O–H groups in total. The molecule has 7 heteroatoms. The van der Waals surface area contributed by atoms with Gasteiger partial charge >= 0.3 is 0 Å². The third-order valence-corrected chi connectivity index (χ3v) is 6.41. The summed E-state index contributed by atoms with van der Waals surface area (Å²) in [4.78, 5) is 29.8. The fraction of sp³-hybridized carbons (Fsp3) is 0.647. The lowest BCUT2D eigenvalue weighted by Crippen LogP contribution is -2.47. The number of pyridine rings is 1. The Bertz CT molecular complexity index is 710. The van der Waals surface area contributed by atoms with Crippen LogP contribution in [-0.2, 0) is 16.9 Å². The number of aromatic nitrogens is 1. The van der Waals surface area contributed by atoms with Crippen molar-refractivity contribution in [2.75, 3.05) is 25.4 Å². The molecule has 0 aliphatic carbocycles. The number of H-pyrrole nitrogens is 1. The Hall–Kier alpha value is -1.31. The number of ether oxygens (including phenoxy) is 1. The number of nitrogens with zero attached hydrogens (tertiary/aromatic N) is 1. The quantitative estimate of drug-likeness (QED) is 0.786. The van der Waals surface area contributed by atoms with Crippen LogP contribution >= 0.6 is 11.8 Å². The van der Waals surface area contributed by atoms with E-state index in [4.69, 9.17) is 10.5 Å². The predicted molar refractivity (Wildman–Crippen MR) is 93.3 cm³/mol. The van der Waals surface area contributed by atoms with Gasteiger partial charge in [0.25, 0.3) is 11.5 Å². The van der Waals surface area contributed by atoms with Crippen molar-refractivity contribution in [2.45, 2.75) is 43.1 Å². The van der Waals surface area contributed by atoms with Crippen LogP contribution < -0.4 is 11.3 Å². The Morgan fingerprint density at radius 2 is 2.21 bits per heavy atom. The van der Waals surface area contributed by atoms with E-state index in [-0.39, 0.29) is 28.7 Å². The summed E-state index contributed by atoms with van der Waals surface area (Å²) in [6.07, 6.45) is 3.33. The number of carbonyl (C=O) groups excluding carboxylic acids is 1. The van der Waals surface area contributed by atoms with Crippen molar-refractivity contribution in [3.63, 3.8) is 0 Å². The van der Waals surface area contributed by atoms with Crippen LogP contribution in [0.1, 0.15) is 40.9 Å². The number of nitrogens with two attached hydrogens (primary N) is 1. The summed E-state index contributed by atoms with van der Waals surface area (Å²) in [6, 6.07) is 1.91. The van der Waals surface area contributed by atoms with Gasteiger partial charge in [-0.25, -0.2) is 0 Å². The lowest BCUT2D eigenvalue weighted by atomic mass is 9.87. The van der Waals surface area contributed by atoms with E-state index in [1.807, 2.05) is 11.8 Å². The first-order valence-corrected chi connectivity index (χ1v) is 9.73. The second-order valence-electron chi connectivity index (χ2n) is 7.07. The van der Waals surface area contributed by atoms with Crippen molar-refractivity contribution in [3.8, 4) is 0 Å². The van der Waals surface area contributed by atoms with Crippen molar-refractivity contribution in [1.29, 1.82) is 0 Å². The van der Waals surface area contributed by atoms with Crippen molar-refractivity contribution in [2.24, 2.45) is 5.73 Å². The number of hydrogen-bond acceptors (Lipinski definition) is 5. The molecule has 1 aromatic rings. The third kappa shape index (κ3) is 2.89. The summed E-state index contributed by atoms with van der Waals surface area (Å²) in [7, 11) is 0. The summed E-state index contributed by atoms with van der Waals surface area (Å²) in [6.45, 7) is 1.85. The number of nitrogens with one attached hydrogen (secondary N) is 1. The van der Waals surface area contributed by atoms with Crippen LogP contribution in [-0.4, -0.2) is 52.9 Å². The van der Waals surface area contributed by atoms with Gasteiger partial charge in [0.2, 0.25) is 0 Å². The summed E-state index contributed by atoms with van der Waals surface area (Å²) < 4.78 is 5.89. The highest BCUT2D eigenvalue weighted by atomic mass is 32.2. The van der Waals surface area contributed by atoms with Crippen LogP contribution in [0.15, 0.2) is 10.9 Å². The van der Waals surface area contributed by atoms with Gasteiger partial charge in [-0.2, -0.15) is 11.8 Å². The van der Waals surface area contributed by atoms with Gasteiger partial charge in [-0.3, -0.25) is 9.59 Å². The highest BCUT2D eigenvalue weighted by molar-refractivity contribution is 7.98. The molecule has 3 aliphatic rings. The van der Waals surface area contributed by atoms with Crippen LogP contribution in [0.2, 0.25) is 0 Å². The largest absolute Gasteiger partial charge is 0.373 e. The first-order valence-electron chi connectivity index (χ1n) is 8.58. The lowest BCUT2D eigenvalue weighted by molar-refractivity contribution is -0.0388. The minimum Gasteiger partial charge on any atom is -0.373 e. The molecule has 1 amide bonds. The number of likely N-dealkylation sites (tertiary alicyclic amines) is 1. The monoisotopic (exact) mass is 349 g/mol. The molecule has 1 atom stereocenters. The molecular weight excluding hydrogens is 326 g/mol. The zero-order chi connectivity index (χ0) is 16.7. The van der Waals surface area contributed by atoms with E-state index < -0.39 is 0 Å². The molecule has 4 heterocycles. The summed E-state index contributed by atoms with van der Waals surface area (Å²) >= 11 is 1.84. The third-order valence-electron chi connectivity index (χ3n) is 5.40. The van der Waals surface area contributed by atoms with E-state index in [1.165, 1.54) is 0 Å². The van der Waals surface area contributed by atoms with E-state index in [1.54, 1.807) is 11.0 Å². The minimum atomic E-state index is -0.259. The van der Waals surface area contributed by atoms with Crippen molar-refractivity contribution in [1.82, 2.24) is 9.88 Å². The number of amides is 1. The molecular formula is C17H23N3O3S. The Labute approximate surface area is 145 Å². The van der Waals surface area contributed by atoms with Crippen LogP contribution in [0.5, 0.6) is 0 Å². The maximum Gasteiger partial charge on any atom is 0.261 e. The average molecular weight is 349 g/mol. The smallest absolute Gasteiger partial charge is 0.261 e. The van der Waals surface area contributed by atoms with Gasteiger partial charge in [-0.1, -0.05) is 0 Å². The number of fused-ring (bicyclic) bond motifs is 1. The molecule has 130 valence electrons. The van der Waals surface area contributed by atoms with Crippen LogP contribution in [0.3, 0.4) is 0 Å². The molecule has 24 heavy (non-hydrogen) atoms. The van der Waals surface area contributed by atoms with Gasteiger partial charge < -0.3 is 20.4 Å². The van der Waals surface area contributed by atoms with Crippen LogP contribution in [0.25, 0.3) is 0 Å². The molecule has 3 aliphatic heterocycles. The number of hydrogen-bond donors (Lipinski definition) is 2. The van der Waals surface area contributed by atoms with E-state index in [2.05, 4.69) is 4.98 Å². The zero-order valence-corrected chi connectivity index (χ0v) is 14.5. The molecule has 6 nitrogen and oxygen atoms in total. The number of rotatable bonds is 1. The van der Waals surface area contributed by atoms with Crippen LogP contribution in [0.4, 0.5) is 0 Å². The minimum absolute atomic E-state index is 0.105. The Balaban J connectivity index is 1.50. The standard InChI is InChI=1S/C17H23N3O3S/c18-12-8-17(23-9-12)2-4-20(5-3-17)16(22)13-7-11-10-24-6-1-14(11)19-15(13)21/h7,12H,1-6,8-10,18H2,(H,19,21). The SMILES string of the molecule is NC1COC2(CCN(C(=O)c3cc4c([nH]c3=O)CCSC4)CC2)C1. The lowest BCUT2D eigenvalue weighted by Gasteiger charge is -2.38. The van der Waals surface area contributed by atoms with Gasteiger partial charge in [0.05, 0.1) is 12.2 Å². The highest BCUT2D eigenvalue weighted by Crippen LogP contribution is 2.35. The van der Waals surface area contributed by atoms with E-state index in [9.17, 15) is 9.59 Å². The summed E-state index contributed by atoms with van der Waals surface area (Å²) in [5.74, 6) is 1.72. The molecule has 0 saturated carbocycles. The first kappa shape index (κ1) is 16.2. The van der Waals surface area contributed by atoms with E-state index in [0.717, 1.165) is 48.4 Å². The molecule has 0 aromatic carbocycles. The van der Waals surface area contributed by atoms with E-state index in [0.29, 0.717) is 19.7 Å². The maximum absolute atomic E-state index is 12.8. The Morgan fingerprint density at radius 1 is 1.42 bits per heavy atom. The number of carbonyl (C=O) groups is 1. The molecule has 2 saturated heterocycles. The molecule has 1 unspecified atom stereocenters. The second-order valence-corrected chi connectivity index (χ2v) is 8.17. The average Bonchev–Trinajstić information content (AvgIpc) is 2.95. The van der Waals surface area contributed by atoms with Gasteiger partial charge in [0.15, 0.2) is 0 Å². The van der Waals surface area contributed by atoms with E-state index >= 15 is 0 Å². The molecule has 4 rings (SSSR count). The molecule has 0 radical (unpaired) electrons. The summed E-state index contributed by atoms with van der Waals surface area (Å²) in [5.41, 5.74) is 7.89. The number of piperidine rings is 1. The molecule has 1 spiro atoms. The van der Waals surface area contributed by atoms with Gasteiger partial charge in [0, 0.05) is 30.6 Å². The normalized spacial score (nSPS) is 25.7. The summed E-state index contributed by atoms with van der Waals surface area (Å²) in [5, 5.41) is 0. The maximum atomic E-state index is 12.8. The Morgan fingerprint density at radius 3 is 2.92 bits per heavy atom. The predicted octanol–water partition coefficient (Wildman–Crippen LogP) is 0.887. The van der Waals surface area contributed by atoms with Gasteiger partial charge in [-0.05, 0) is 43.1 Å². The zero-order valence-electron chi connectivity index (χ0n) is 13.7. The fourth-order valence-electron chi connectivity index (χ4n) is 3.99. The van der Waals surface area contributed by atoms with Crippen molar-refractivity contribution < 1.29 is 9.53 Å². The topological polar surface area (TPSA) is 88.4 Å². The van der Waals surface area contributed by atoms with Crippen LogP contribution in [0, 0.1) is 0 Å². The second kappa shape index (κ2) is 6.20. The van der Waals surface area contributed by atoms with Crippen molar-refractivity contribution in [3.05, 3.63) is 33.2 Å². The van der Waals surface area contributed by atoms with Crippen molar-refractivity contribution >= 4 is 17.7 Å². The first-order chi connectivity index (χ1) is 11.6. The fourth-order valence-corrected chi connectivity index (χ4v) is 4.96. The van der Waals surface area contributed by atoms with Gasteiger partial charge in [0.1, 0.15) is 5.56 Å². The Kier molecular flexibility index (Phi) is 4.18. The number of aromatic amines is 1. The highest BCUT2D eigenvalue weighted by Gasteiger charge is 2.42. The molecule has 1 aromatic heterocycles. The number of thioether (sulfide) groups is 1. The van der Waals surface area contributed by atoms with Gasteiger partial charge in [-0.15, -0.1) is 0 Å². The number of aryl methyl sites for hydroxylation is 1. The molecule has 0 bridgehead atoms.